The van der Waals surface area contributed by atoms with Gasteiger partial charge in [-0.3, -0.25) is 0 Å². The van der Waals surface area contributed by atoms with Crippen LogP contribution in [-0.2, 0) is 0 Å². The van der Waals surface area contributed by atoms with Crippen LogP contribution in [0.2, 0.25) is 0 Å². The molecular weight excluding hydrogens is 246 g/mol. The topological polar surface area (TPSA) is 131 Å². The van der Waals surface area contributed by atoms with Crippen molar-refractivity contribution in [1.29, 1.82) is 0 Å². The number of nitrogens with zero attached hydrogens (tertiary/aromatic N) is 2. The van der Waals surface area contributed by atoms with E-state index in [0.717, 1.165) is 30.0 Å². The first-order valence-electron chi connectivity index (χ1n) is 6.24. The third-order valence-corrected chi connectivity index (χ3v) is 2.96. The van der Waals surface area contributed by atoms with Crippen molar-refractivity contribution in [3.8, 4) is 0 Å². The minimum Gasteiger partial charge on any atom is -0.368 e. The number of anilines is 2. The van der Waals surface area contributed by atoms with E-state index in [9.17, 15) is 4.79 Å². The Hall–Kier alpha value is -2.09. The summed E-state index contributed by atoms with van der Waals surface area (Å²) in [4.78, 5) is 19.5. The fraction of sp³-hybridized carbons (Fsp3) is 0.545. The zero-order chi connectivity index (χ0) is 13.8. The van der Waals surface area contributed by atoms with Crippen LogP contribution in [0.4, 0.5) is 16.4 Å². The molecule has 1 aliphatic carbocycles. The Morgan fingerprint density at radius 2 is 2.00 bits per heavy atom. The Bertz CT molecular complexity index is 472. The number of amides is 2. The van der Waals surface area contributed by atoms with E-state index in [1.807, 2.05) is 6.92 Å². The number of nitrogens with one attached hydrogen (secondary N) is 3. The summed E-state index contributed by atoms with van der Waals surface area (Å²) in [5.41, 5.74) is 8.43. The van der Waals surface area contributed by atoms with Gasteiger partial charge in [-0.1, -0.05) is 0 Å². The summed E-state index contributed by atoms with van der Waals surface area (Å²) in [6, 6.07) is -0.538. The van der Waals surface area contributed by atoms with E-state index >= 15 is 0 Å². The Balaban J connectivity index is 2.05. The molecule has 1 aliphatic rings. The van der Waals surface area contributed by atoms with E-state index in [2.05, 4.69) is 26.0 Å². The average Bonchev–Trinajstić information content (AvgIpc) is 3.20. The van der Waals surface area contributed by atoms with Crippen molar-refractivity contribution in [1.82, 2.24) is 15.3 Å². The van der Waals surface area contributed by atoms with Gasteiger partial charge in [-0.05, 0) is 19.8 Å². The van der Waals surface area contributed by atoms with Gasteiger partial charge in [0.15, 0.2) is 0 Å². The lowest BCUT2D eigenvalue weighted by Crippen LogP contribution is -2.33. The predicted octanol–water partition coefficient (Wildman–Crippen LogP) is 0.0282. The number of carbonyl (C=O) groups is 1. The quantitative estimate of drug-likeness (QED) is 0.280. The van der Waals surface area contributed by atoms with E-state index in [0.29, 0.717) is 24.8 Å². The average molecular weight is 265 g/mol. The molecule has 1 heterocycles. The van der Waals surface area contributed by atoms with E-state index in [-0.39, 0.29) is 0 Å². The van der Waals surface area contributed by atoms with Crippen molar-refractivity contribution in [2.45, 2.75) is 25.7 Å². The van der Waals surface area contributed by atoms with Gasteiger partial charge >= 0.3 is 6.03 Å². The highest BCUT2D eigenvalue weighted by atomic mass is 16.2. The van der Waals surface area contributed by atoms with Gasteiger partial charge in [-0.25, -0.2) is 20.6 Å². The monoisotopic (exact) mass is 265 g/mol. The largest absolute Gasteiger partial charge is 0.368 e. The minimum absolute atomic E-state index is 0.433. The SMILES string of the molecule is Cc1c(NN)nc(C2CC2)nc1NCCNC(N)=O. The van der Waals surface area contributed by atoms with Crippen molar-refractivity contribution in [3.63, 3.8) is 0 Å². The molecule has 2 rings (SSSR count). The second kappa shape index (κ2) is 5.70. The summed E-state index contributed by atoms with van der Waals surface area (Å²) in [5.74, 6) is 8.07. The van der Waals surface area contributed by atoms with Crippen LogP contribution in [-0.4, -0.2) is 29.1 Å². The van der Waals surface area contributed by atoms with E-state index in [4.69, 9.17) is 11.6 Å². The lowest BCUT2D eigenvalue weighted by atomic mass is 10.3. The Morgan fingerprint density at radius 1 is 1.32 bits per heavy atom. The van der Waals surface area contributed by atoms with Crippen LogP contribution in [0.3, 0.4) is 0 Å². The smallest absolute Gasteiger partial charge is 0.312 e. The molecule has 0 unspecified atom stereocenters. The molecule has 7 N–H and O–H groups in total. The van der Waals surface area contributed by atoms with Gasteiger partial charge in [0.1, 0.15) is 17.5 Å². The molecular formula is C11H19N7O. The zero-order valence-electron chi connectivity index (χ0n) is 10.9. The predicted molar refractivity (Wildman–Crippen MR) is 72.6 cm³/mol. The van der Waals surface area contributed by atoms with Gasteiger partial charge in [0.25, 0.3) is 0 Å². The molecule has 104 valence electrons. The van der Waals surface area contributed by atoms with Gasteiger partial charge in [-0.15, -0.1) is 0 Å². The number of hydrogen-bond acceptors (Lipinski definition) is 6. The van der Waals surface area contributed by atoms with Crippen LogP contribution in [0.25, 0.3) is 0 Å². The number of urea groups is 1. The van der Waals surface area contributed by atoms with Crippen LogP contribution in [0.5, 0.6) is 0 Å². The summed E-state index contributed by atoms with van der Waals surface area (Å²) >= 11 is 0. The maximum Gasteiger partial charge on any atom is 0.312 e. The molecule has 1 aromatic heterocycles. The summed E-state index contributed by atoms with van der Waals surface area (Å²) in [5, 5.41) is 5.66. The van der Waals surface area contributed by atoms with Crippen molar-refractivity contribution < 1.29 is 4.79 Å². The van der Waals surface area contributed by atoms with Crippen molar-refractivity contribution >= 4 is 17.7 Å². The van der Waals surface area contributed by atoms with Crippen LogP contribution in [0, 0.1) is 6.92 Å². The molecule has 0 aliphatic heterocycles. The number of nitrogen functional groups attached to an aromatic ring is 1. The second-order valence-electron chi connectivity index (χ2n) is 4.54. The van der Waals surface area contributed by atoms with Gasteiger partial charge in [0, 0.05) is 24.6 Å². The second-order valence-corrected chi connectivity index (χ2v) is 4.54. The van der Waals surface area contributed by atoms with Gasteiger partial charge < -0.3 is 21.8 Å². The lowest BCUT2D eigenvalue weighted by Gasteiger charge is -2.13. The molecule has 8 nitrogen and oxygen atoms in total. The van der Waals surface area contributed by atoms with Gasteiger partial charge in [0.05, 0.1) is 0 Å². The summed E-state index contributed by atoms with van der Waals surface area (Å²) in [6.45, 7) is 2.85. The summed E-state index contributed by atoms with van der Waals surface area (Å²) in [7, 11) is 0. The number of nitrogens with two attached hydrogens (primary N) is 2. The fourth-order valence-electron chi connectivity index (χ4n) is 1.74. The van der Waals surface area contributed by atoms with Crippen molar-refractivity contribution in [2.75, 3.05) is 23.8 Å². The molecule has 0 bridgehead atoms. The molecule has 2 amide bonds. The van der Waals surface area contributed by atoms with Gasteiger partial charge in [0.2, 0.25) is 0 Å². The molecule has 8 heteroatoms. The van der Waals surface area contributed by atoms with Crippen LogP contribution in [0.15, 0.2) is 0 Å². The number of carbonyl (C=O) groups excluding carboxylic acids is 1. The van der Waals surface area contributed by atoms with Crippen LogP contribution in [0.1, 0.15) is 30.1 Å². The molecule has 19 heavy (non-hydrogen) atoms. The third kappa shape index (κ3) is 3.44. The maximum atomic E-state index is 10.6. The number of rotatable bonds is 6. The first-order valence-corrected chi connectivity index (χ1v) is 6.24. The van der Waals surface area contributed by atoms with Gasteiger partial charge in [-0.2, -0.15) is 0 Å². The van der Waals surface area contributed by atoms with E-state index in [1.54, 1.807) is 0 Å². The molecule has 1 aromatic rings. The molecule has 1 fully saturated rings. The first-order chi connectivity index (χ1) is 9.11. The molecule has 0 saturated heterocycles. The molecule has 1 saturated carbocycles. The van der Waals surface area contributed by atoms with Crippen LogP contribution < -0.4 is 27.6 Å². The third-order valence-electron chi connectivity index (χ3n) is 2.96. The van der Waals surface area contributed by atoms with Crippen LogP contribution >= 0.6 is 0 Å². The maximum absolute atomic E-state index is 10.6. The normalized spacial score (nSPS) is 14.0. The van der Waals surface area contributed by atoms with E-state index in [1.165, 1.54) is 0 Å². The highest BCUT2D eigenvalue weighted by Crippen LogP contribution is 2.39. The summed E-state index contributed by atoms with van der Waals surface area (Å²) in [6.07, 6.45) is 2.24. The minimum atomic E-state index is -0.538. The molecule has 0 spiro atoms. The number of aromatic nitrogens is 2. The summed E-state index contributed by atoms with van der Waals surface area (Å²) < 4.78 is 0. The zero-order valence-corrected chi connectivity index (χ0v) is 10.9. The first kappa shape index (κ1) is 13.3. The Labute approximate surface area is 111 Å². The highest BCUT2D eigenvalue weighted by Gasteiger charge is 2.28. The highest BCUT2D eigenvalue weighted by molar-refractivity contribution is 5.71. The van der Waals surface area contributed by atoms with Crippen molar-refractivity contribution in [3.05, 3.63) is 11.4 Å². The number of primary amides is 1. The van der Waals surface area contributed by atoms with E-state index < -0.39 is 6.03 Å². The molecule has 0 radical (unpaired) electrons. The fourth-order valence-corrected chi connectivity index (χ4v) is 1.74. The lowest BCUT2D eigenvalue weighted by molar-refractivity contribution is 0.249. The Kier molecular flexibility index (Phi) is 4.00. The molecule has 0 aromatic carbocycles. The van der Waals surface area contributed by atoms with Crippen molar-refractivity contribution in [2.24, 2.45) is 11.6 Å². The number of hydrogen-bond donors (Lipinski definition) is 5. The molecule has 0 atom stereocenters. The number of hydrazine groups is 1. The standard InChI is InChI=1S/C11H19N7O/c1-6-8(14-4-5-15-11(12)19)16-10(7-2-3-7)17-9(6)18-13/h7H,2-5,13H2,1H3,(H3,12,15,19)(H2,14,16,17,18). The Morgan fingerprint density at radius 3 is 2.58 bits per heavy atom.